The summed E-state index contributed by atoms with van der Waals surface area (Å²) in [5.41, 5.74) is 17.5. The molecule has 0 unspecified atom stereocenters. The van der Waals surface area contributed by atoms with Crippen molar-refractivity contribution in [3.05, 3.63) is 59.3 Å². The van der Waals surface area contributed by atoms with E-state index in [0.717, 1.165) is 44.6 Å². The number of nitrogens with zero attached hydrogens (tertiary/aromatic N) is 2. The first-order chi connectivity index (χ1) is 13.5. The molecular weight excluding hydrogens is 352 g/mol. The zero-order chi connectivity index (χ0) is 19.8. The Hall–Kier alpha value is -3.54. The Morgan fingerprint density at radius 1 is 0.893 bits per heavy atom. The van der Waals surface area contributed by atoms with Crippen LogP contribution in [0.5, 0.6) is 11.5 Å². The number of ether oxygens (including phenoxy) is 2. The third-order valence-corrected chi connectivity index (χ3v) is 4.91. The van der Waals surface area contributed by atoms with E-state index in [9.17, 15) is 0 Å². The highest BCUT2D eigenvalue weighted by Crippen LogP contribution is 2.32. The summed E-state index contributed by atoms with van der Waals surface area (Å²) in [6.45, 7) is 2.03. The lowest BCUT2D eigenvalue weighted by Crippen LogP contribution is -2.04. The molecule has 0 bridgehead atoms. The molecule has 0 aliphatic rings. The molecule has 0 aliphatic carbocycles. The van der Waals surface area contributed by atoms with Gasteiger partial charge in [0.25, 0.3) is 0 Å². The Morgan fingerprint density at radius 2 is 1.71 bits per heavy atom. The van der Waals surface area contributed by atoms with Crippen LogP contribution in [-0.4, -0.2) is 24.2 Å². The van der Waals surface area contributed by atoms with Crippen molar-refractivity contribution in [2.75, 3.05) is 25.7 Å². The normalized spacial score (nSPS) is 11.1. The highest BCUT2D eigenvalue weighted by molar-refractivity contribution is 6.09. The van der Waals surface area contributed by atoms with Gasteiger partial charge in [0, 0.05) is 28.8 Å². The monoisotopic (exact) mass is 374 g/mol. The second kappa shape index (κ2) is 6.88. The van der Waals surface area contributed by atoms with Gasteiger partial charge in [-0.05, 0) is 30.7 Å². The molecule has 4 aromatic rings. The molecule has 142 valence electrons. The Morgan fingerprint density at radius 3 is 2.46 bits per heavy atom. The number of hydrogen-bond acceptors (Lipinski definition) is 6. The molecule has 0 spiro atoms. The average Bonchev–Trinajstić information content (AvgIpc) is 2.69. The van der Waals surface area contributed by atoms with Crippen LogP contribution in [0.2, 0.25) is 0 Å². The number of nitrogen functional groups attached to an aromatic ring is 2. The van der Waals surface area contributed by atoms with E-state index in [-0.39, 0.29) is 0 Å². The van der Waals surface area contributed by atoms with E-state index in [0.29, 0.717) is 23.4 Å². The first-order valence-electron chi connectivity index (χ1n) is 8.96. The van der Waals surface area contributed by atoms with Crippen molar-refractivity contribution in [2.45, 2.75) is 13.3 Å². The maximum Gasteiger partial charge on any atom is 0.150 e. The molecule has 0 amide bonds. The van der Waals surface area contributed by atoms with E-state index in [1.54, 1.807) is 14.2 Å². The Kier molecular flexibility index (Phi) is 4.39. The van der Waals surface area contributed by atoms with Crippen molar-refractivity contribution in [3.63, 3.8) is 0 Å². The number of aryl methyl sites for hydroxylation is 1. The summed E-state index contributed by atoms with van der Waals surface area (Å²) in [6.07, 6.45) is 0.514. The van der Waals surface area contributed by atoms with Gasteiger partial charge < -0.3 is 20.9 Å². The van der Waals surface area contributed by atoms with E-state index in [1.807, 2.05) is 49.4 Å². The first-order valence-corrected chi connectivity index (χ1v) is 8.96. The number of benzene rings is 2. The highest BCUT2D eigenvalue weighted by atomic mass is 16.5. The third kappa shape index (κ3) is 3.03. The van der Waals surface area contributed by atoms with E-state index in [2.05, 4.69) is 4.98 Å². The molecule has 6 nitrogen and oxygen atoms in total. The number of anilines is 2. The third-order valence-electron chi connectivity index (χ3n) is 4.91. The van der Waals surface area contributed by atoms with Crippen molar-refractivity contribution < 1.29 is 9.47 Å². The van der Waals surface area contributed by atoms with Crippen LogP contribution in [-0.2, 0) is 6.42 Å². The van der Waals surface area contributed by atoms with Gasteiger partial charge in [-0.1, -0.05) is 18.2 Å². The predicted molar refractivity (Wildman–Crippen MR) is 113 cm³/mol. The fourth-order valence-electron chi connectivity index (χ4n) is 3.43. The largest absolute Gasteiger partial charge is 0.497 e. The quantitative estimate of drug-likeness (QED) is 0.527. The fourth-order valence-corrected chi connectivity index (χ4v) is 3.43. The van der Waals surface area contributed by atoms with Crippen LogP contribution < -0.4 is 20.9 Å². The maximum absolute atomic E-state index is 6.36. The molecule has 4 rings (SSSR count). The van der Waals surface area contributed by atoms with Gasteiger partial charge in [0.1, 0.15) is 17.0 Å². The molecule has 4 N–H and O–H groups in total. The second-order valence-corrected chi connectivity index (χ2v) is 6.79. The summed E-state index contributed by atoms with van der Waals surface area (Å²) < 4.78 is 10.8. The second-order valence-electron chi connectivity index (χ2n) is 6.79. The summed E-state index contributed by atoms with van der Waals surface area (Å²) >= 11 is 0. The van der Waals surface area contributed by atoms with Crippen LogP contribution >= 0.6 is 0 Å². The van der Waals surface area contributed by atoms with E-state index >= 15 is 0 Å². The Labute approximate surface area is 163 Å². The van der Waals surface area contributed by atoms with Crippen LogP contribution in [0.3, 0.4) is 0 Å². The molecule has 0 aliphatic heterocycles. The summed E-state index contributed by atoms with van der Waals surface area (Å²) in [6, 6.07) is 13.7. The van der Waals surface area contributed by atoms with Crippen LogP contribution in [0.4, 0.5) is 11.5 Å². The van der Waals surface area contributed by atoms with Gasteiger partial charge in [-0.2, -0.15) is 0 Å². The Bertz CT molecular complexity index is 1200. The first kappa shape index (κ1) is 17.9. The van der Waals surface area contributed by atoms with Gasteiger partial charge in [-0.3, -0.25) is 0 Å². The van der Waals surface area contributed by atoms with Gasteiger partial charge in [0.15, 0.2) is 5.82 Å². The summed E-state index contributed by atoms with van der Waals surface area (Å²) in [4.78, 5) is 9.29. The zero-order valence-corrected chi connectivity index (χ0v) is 16.1. The zero-order valence-electron chi connectivity index (χ0n) is 16.1. The minimum absolute atomic E-state index is 0.399. The van der Waals surface area contributed by atoms with E-state index in [1.165, 1.54) is 0 Å². The molecule has 2 aromatic heterocycles. The average molecular weight is 374 g/mol. The van der Waals surface area contributed by atoms with Crippen molar-refractivity contribution in [2.24, 2.45) is 0 Å². The van der Waals surface area contributed by atoms with Crippen LogP contribution in [0.25, 0.3) is 21.8 Å². The molecule has 0 atom stereocenters. The van der Waals surface area contributed by atoms with Gasteiger partial charge in [0.05, 0.1) is 31.1 Å². The van der Waals surface area contributed by atoms with E-state index in [4.69, 9.17) is 25.9 Å². The van der Waals surface area contributed by atoms with Crippen LogP contribution in [0, 0.1) is 6.92 Å². The molecule has 0 radical (unpaired) electrons. The lowest BCUT2D eigenvalue weighted by Gasteiger charge is -2.13. The lowest BCUT2D eigenvalue weighted by molar-refractivity contribution is 0.391. The Balaban J connectivity index is 1.85. The SMILES string of the molecule is COc1ccc(Cc2nc3c(N)nc4cc(C)ccc4c3cc2N)c(OC)c1. The van der Waals surface area contributed by atoms with Crippen molar-refractivity contribution in [1.82, 2.24) is 9.97 Å². The van der Waals surface area contributed by atoms with Crippen LogP contribution in [0.15, 0.2) is 42.5 Å². The number of pyridine rings is 2. The van der Waals surface area contributed by atoms with Gasteiger partial charge >= 0.3 is 0 Å². The maximum atomic E-state index is 6.36. The standard InChI is InChI=1S/C22H22N4O2/c1-12-4-7-15-16-11-17(23)19(25-21(16)22(24)26-18(15)8-12)9-13-5-6-14(27-2)10-20(13)28-3/h4-8,10-11H,9,23H2,1-3H3,(H2,24,26). The number of rotatable bonds is 4. The number of aromatic nitrogens is 2. The highest BCUT2D eigenvalue weighted by Gasteiger charge is 2.14. The van der Waals surface area contributed by atoms with E-state index < -0.39 is 0 Å². The predicted octanol–water partition coefficient (Wildman–Crippen LogP) is 3.86. The smallest absolute Gasteiger partial charge is 0.150 e. The minimum atomic E-state index is 0.399. The van der Waals surface area contributed by atoms with Gasteiger partial charge in [-0.15, -0.1) is 0 Å². The summed E-state index contributed by atoms with van der Waals surface area (Å²) in [5.74, 6) is 1.85. The molecule has 0 saturated heterocycles. The number of fused-ring (bicyclic) bond motifs is 3. The van der Waals surface area contributed by atoms with Crippen molar-refractivity contribution >= 4 is 33.3 Å². The molecule has 0 saturated carbocycles. The number of nitrogens with two attached hydrogens (primary N) is 2. The summed E-state index contributed by atoms with van der Waals surface area (Å²) in [5, 5.41) is 1.90. The van der Waals surface area contributed by atoms with Crippen molar-refractivity contribution in [1.29, 1.82) is 0 Å². The van der Waals surface area contributed by atoms with Crippen LogP contribution in [0.1, 0.15) is 16.8 Å². The molecule has 2 heterocycles. The molecule has 28 heavy (non-hydrogen) atoms. The summed E-state index contributed by atoms with van der Waals surface area (Å²) in [7, 11) is 3.25. The topological polar surface area (TPSA) is 96.3 Å². The molecule has 0 fully saturated rings. The molecule has 2 aromatic carbocycles. The molecule has 6 heteroatoms. The van der Waals surface area contributed by atoms with Gasteiger partial charge in [0.2, 0.25) is 0 Å². The molecular formula is C22H22N4O2. The van der Waals surface area contributed by atoms with Crippen molar-refractivity contribution in [3.8, 4) is 11.5 Å². The van der Waals surface area contributed by atoms with Gasteiger partial charge in [-0.25, -0.2) is 9.97 Å². The number of hydrogen-bond donors (Lipinski definition) is 2. The minimum Gasteiger partial charge on any atom is -0.497 e. The number of methoxy groups -OCH3 is 2. The fraction of sp³-hybridized carbons (Fsp3) is 0.182. The lowest BCUT2D eigenvalue weighted by atomic mass is 10.0.